The van der Waals surface area contributed by atoms with Gasteiger partial charge in [-0.25, -0.2) is 0 Å². The van der Waals surface area contributed by atoms with Crippen LogP contribution < -0.4 is 10.2 Å². The minimum atomic E-state index is -0.00998. The van der Waals surface area contributed by atoms with Gasteiger partial charge in [0.15, 0.2) is 18.8 Å². The van der Waals surface area contributed by atoms with Gasteiger partial charge < -0.3 is 19.1 Å². The van der Waals surface area contributed by atoms with Gasteiger partial charge in [-0.15, -0.1) is 10.2 Å². The zero-order valence-corrected chi connectivity index (χ0v) is 19.1. The maximum Gasteiger partial charge on any atom is 0.283 e. The summed E-state index contributed by atoms with van der Waals surface area (Å²) in [5.74, 6) is 2.03. The highest BCUT2D eigenvalue weighted by molar-refractivity contribution is 5.93. The standard InChI is InChI=1S/C24H32N4O3/c1-6-12-28(15-22-26-27-24(31-22)20-11-8-13-30-20)14-21(29)25-23-18(16(2)3)9-7-10-19(23)17(4)5/h7-11,13,16-17H,6,12,14-15H2,1-5H3,(H,25,29)/p+1. The number of amides is 1. The molecule has 166 valence electrons. The fraction of sp³-hybridized carbons (Fsp3) is 0.458. The topological polar surface area (TPSA) is 85.6 Å². The molecule has 1 amide bonds. The van der Waals surface area contributed by atoms with Gasteiger partial charge in [0, 0.05) is 5.69 Å². The van der Waals surface area contributed by atoms with Crippen LogP contribution in [-0.4, -0.2) is 29.2 Å². The Morgan fingerprint density at radius 3 is 2.35 bits per heavy atom. The number of hydrogen-bond donors (Lipinski definition) is 2. The zero-order chi connectivity index (χ0) is 22.4. The first-order chi connectivity index (χ1) is 14.9. The van der Waals surface area contributed by atoms with E-state index in [1.165, 1.54) is 0 Å². The average molecular weight is 426 g/mol. The van der Waals surface area contributed by atoms with Crippen LogP contribution in [0.15, 0.2) is 45.4 Å². The van der Waals surface area contributed by atoms with E-state index in [4.69, 9.17) is 8.83 Å². The van der Waals surface area contributed by atoms with Gasteiger partial charge in [0.25, 0.3) is 17.7 Å². The number of quaternary nitrogens is 1. The van der Waals surface area contributed by atoms with Crippen LogP contribution in [0, 0.1) is 0 Å². The van der Waals surface area contributed by atoms with Crippen molar-refractivity contribution < 1.29 is 18.5 Å². The second-order valence-electron chi connectivity index (χ2n) is 8.50. The van der Waals surface area contributed by atoms with Crippen molar-refractivity contribution in [3.8, 4) is 11.7 Å². The normalized spacial score (nSPS) is 12.5. The summed E-state index contributed by atoms with van der Waals surface area (Å²) in [6, 6.07) is 9.81. The van der Waals surface area contributed by atoms with Crippen molar-refractivity contribution in [3.05, 3.63) is 53.6 Å². The monoisotopic (exact) mass is 425 g/mol. The molecule has 0 aliphatic heterocycles. The summed E-state index contributed by atoms with van der Waals surface area (Å²) in [7, 11) is 0. The van der Waals surface area contributed by atoms with Crippen molar-refractivity contribution in [1.29, 1.82) is 0 Å². The van der Waals surface area contributed by atoms with Gasteiger partial charge in [-0.1, -0.05) is 52.8 Å². The first kappa shape index (κ1) is 22.7. The van der Waals surface area contributed by atoms with E-state index in [2.05, 4.69) is 68.3 Å². The molecule has 7 heteroatoms. The third kappa shape index (κ3) is 5.82. The van der Waals surface area contributed by atoms with Crippen LogP contribution >= 0.6 is 0 Å². The molecule has 31 heavy (non-hydrogen) atoms. The molecular formula is C24H33N4O3+. The molecular weight excluding hydrogens is 392 g/mol. The number of hydrogen-bond acceptors (Lipinski definition) is 5. The highest BCUT2D eigenvalue weighted by Crippen LogP contribution is 2.32. The van der Waals surface area contributed by atoms with Crippen molar-refractivity contribution in [2.24, 2.45) is 0 Å². The summed E-state index contributed by atoms with van der Waals surface area (Å²) >= 11 is 0. The van der Waals surface area contributed by atoms with E-state index < -0.39 is 0 Å². The second-order valence-corrected chi connectivity index (χ2v) is 8.50. The Labute approximate surface area is 183 Å². The maximum atomic E-state index is 13.0. The van der Waals surface area contributed by atoms with Crippen molar-refractivity contribution in [1.82, 2.24) is 10.2 Å². The van der Waals surface area contributed by atoms with E-state index in [1.54, 1.807) is 18.4 Å². The van der Waals surface area contributed by atoms with Crippen LogP contribution in [0.3, 0.4) is 0 Å². The number of furan rings is 1. The van der Waals surface area contributed by atoms with Crippen LogP contribution in [0.2, 0.25) is 0 Å². The van der Waals surface area contributed by atoms with E-state index in [0.29, 0.717) is 42.5 Å². The first-order valence-corrected chi connectivity index (χ1v) is 11.0. The largest absolute Gasteiger partial charge is 0.459 e. The Bertz CT molecular complexity index is 950. The summed E-state index contributed by atoms with van der Waals surface area (Å²) in [4.78, 5) is 14.1. The lowest BCUT2D eigenvalue weighted by Crippen LogP contribution is -3.11. The Kier molecular flexibility index (Phi) is 7.63. The van der Waals surface area contributed by atoms with Gasteiger partial charge in [0.05, 0.1) is 12.8 Å². The maximum absolute atomic E-state index is 13.0. The molecule has 0 saturated heterocycles. The number of carbonyl (C=O) groups excluding carboxylic acids is 1. The lowest BCUT2D eigenvalue weighted by atomic mass is 9.92. The number of para-hydroxylation sites is 1. The number of benzene rings is 1. The Morgan fingerprint density at radius 2 is 1.77 bits per heavy atom. The molecule has 2 heterocycles. The van der Waals surface area contributed by atoms with Gasteiger partial charge in [0.1, 0.15) is 0 Å². The number of nitrogens with one attached hydrogen (secondary N) is 2. The summed E-state index contributed by atoms with van der Waals surface area (Å²) in [6.45, 7) is 12.3. The highest BCUT2D eigenvalue weighted by Gasteiger charge is 2.21. The molecule has 2 N–H and O–H groups in total. The van der Waals surface area contributed by atoms with Gasteiger partial charge in [-0.3, -0.25) is 4.79 Å². The lowest BCUT2D eigenvalue weighted by molar-refractivity contribution is -0.907. The number of rotatable bonds is 10. The summed E-state index contributed by atoms with van der Waals surface area (Å²) in [6.07, 6.45) is 2.51. The van der Waals surface area contributed by atoms with Crippen molar-refractivity contribution in [2.45, 2.75) is 59.4 Å². The zero-order valence-electron chi connectivity index (χ0n) is 19.1. The van der Waals surface area contributed by atoms with Gasteiger partial charge >= 0.3 is 0 Å². The predicted molar refractivity (Wildman–Crippen MR) is 120 cm³/mol. The van der Waals surface area contributed by atoms with Crippen LogP contribution in [0.25, 0.3) is 11.7 Å². The van der Waals surface area contributed by atoms with E-state index in [-0.39, 0.29) is 5.91 Å². The van der Waals surface area contributed by atoms with E-state index in [0.717, 1.165) is 34.7 Å². The SMILES string of the molecule is CCC[NH+](CC(=O)Nc1c(C(C)C)cccc1C(C)C)Cc1nnc(-c2ccco2)o1. The second kappa shape index (κ2) is 10.4. The third-order valence-electron chi connectivity index (χ3n) is 5.25. The van der Waals surface area contributed by atoms with Crippen molar-refractivity contribution in [3.63, 3.8) is 0 Å². The Morgan fingerprint density at radius 1 is 1.06 bits per heavy atom. The van der Waals surface area contributed by atoms with E-state index in [1.807, 2.05) is 0 Å². The van der Waals surface area contributed by atoms with Gasteiger partial charge in [-0.05, 0) is 41.5 Å². The molecule has 1 atom stereocenters. The molecule has 0 bridgehead atoms. The summed E-state index contributed by atoms with van der Waals surface area (Å²) in [5, 5.41) is 11.4. The molecule has 0 spiro atoms. The highest BCUT2D eigenvalue weighted by atomic mass is 16.4. The molecule has 0 aliphatic carbocycles. The number of anilines is 1. The average Bonchev–Trinajstić information content (AvgIpc) is 3.39. The smallest absolute Gasteiger partial charge is 0.283 e. The number of aromatic nitrogens is 2. The van der Waals surface area contributed by atoms with Crippen molar-refractivity contribution in [2.75, 3.05) is 18.4 Å². The van der Waals surface area contributed by atoms with E-state index >= 15 is 0 Å². The third-order valence-corrected chi connectivity index (χ3v) is 5.25. The molecule has 3 aromatic rings. The van der Waals surface area contributed by atoms with Crippen LogP contribution in [0.5, 0.6) is 0 Å². The van der Waals surface area contributed by atoms with Crippen LogP contribution in [0.4, 0.5) is 5.69 Å². The molecule has 1 unspecified atom stereocenters. The van der Waals surface area contributed by atoms with E-state index in [9.17, 15) is 4.79 Å². The summed E-state index contributed by atoms with van der Waals surface area (Å²) in [5.41, 5.74) is 3.28. The van der Waals surface area contributed by atoms with Gasteiger partial charge in [0.2, 0.25) is 0 Å². The molecule has 0 aliphatic rings. The minimum absolute atomic E-state index is 0.00998. The predicted octanol–water partition coefficient (Wildman–Crippen LogP) is 4.01. The molecule has 2 aromatic heterocycles. The molecule has 3 rings (SSSR count). The number of carbonyl (C=O) groups is 1. The fourth-order valence-corrected chi connectivity index (χ4v) is 3.74. The van der Waals surface area contributed by atoms with Gasteiger partial charge in [-0.2, -0.15) is 0 Å². The fourth-order valence-electron chi connectivity index (χ4n) is 3.74. The minimum Gasteiger partial charge on any atom is -0.459 e. The van der Waals surface area contributed by atoms with Crippen LogP contribution in [0.1, 0.15) is 69.9 Å². The van der Waals surface area contributed by atoms with Crippen molar-refractivity contribution >= 4 is 11.6 Å². The Balaban J connectivity index is 1.72. The summed E-state index contributed by atoms with van der Waals surface area (Å²) < 4.78 is 11.0. The van der Waals surface area contributed by atoms with Crippen LogP contribution in [-0.2, 0) is 11.3 Å². The molecule has 1 aromatic carbocycles. The number of nitrogens with zero attached hydrogens (tertiary/aromatic N) is 2. The Hall–Kier alpha value is -2.93. The first-order valence-electron chi connectivity index (χ1n) is 11.0. The molecule has 7 nitrogen and oxygen atoms in total. The molecule has 0 saturated carbocycles. The lowest BCUT2D eigenvalue weighted by Gasteiger charge is -2.21. The molecule has 0 fully saturated rings. The molecule has 0 radical (unpaired) electrons. The quantitative estimate of drug-likeness (QED) is 0.513.